The summed E-state index contributed by atoms with van der Waals surface area (Å²) in [6.07, 6.45) is 11.0. The van der Waals surface area contributed by atoms with Crippen LogP contribution < -0.4 is 10.6 Å². The second-order valence-corrected chi connectivity index (χ2v) is 7.06. The van der Waals surface area contributed by atoms with Crippen LogP contribution in [0.5, 0.6) is 0 Å². The smallest absolute Gasteiger partial charge is 0.00912 e. The van der Waals surface area contributed by atoms with Crippen molar-refractivity contribution < 1.29 is 0 Å². The Labute approximate surface area is 114 Å². The van der Waals surface area contributed by atoms with Crippen molar-refractivity contribution in [2.24, 2.45) is 5.41 Å². The van der Waals surface area contributed by atoms with Crippen molar-refractivity contribution in [2.45, 2.75) is 78.2 Å². The summed E-state index contributed by atoms with van der Waals surface area (Å²) in [5, 5.41) is 7.11. The van der Waals surface area contributed by atoms with Crippen LogP contribution in [0, 0.1) is 5.41 Å². The molecule has 0 radical (unpaired) electrons. The fourth-order valence-corrected chi connectivity index (χ4v) is 2.64. The molecule has 0 bridgehead atoms. The van der Waals surface area contributed by atoms with Gasteiger partial charge in [-0.1, -0.05) is 46.5 Å². The minimum Gasteiger partial charge on any atom is -0.317 e. The van der Waals surface area contributed by atoms with E-state index < -0.39 is 0 Å². The lowest BCUT2D eigenvalue weighted by atomic mass is 9.89. The molecule has 0 aromatic carbocycles. The average Bonchev–Trinajstić information content (AvgIpc) is 2.32. The zero-order valence-corrected chi connectivity index (χ0v) is 12.9. The topological polar surface area (TPSA) is 24.1 Å². The van der Waals surface area contributed by atoms with E-state index in [1.54, 1.807) is 0 Å². The largest absolute Gasteiger partial charge is 0.317 e. The Morgan fingerprint density at radius 1 is 0.944 bits per heavy atom. The third-order valence-electron chi connectivity index (χ3n) is 3.88. The van der Waals surface area contributed by atoms with Crippen molar-refractivity contribution in [1.29, 1.82) is 0 Å². The lowest BCUT2D eigenvalue weighted by molar-refractivity contribution is 0.354. The van der Waals surface area contributed by atoms with Gasteiger partial charge in [0.2, 0.25) is 0 Å². The Morgan fingerprint density at radius 3 is 2.22 bits per heavy atom. The van der Waals surface area contributed by atoms with Crippen LogP contribution in [0.15, 0.2) is 0 Å². The minimum absolute atomic E-state index is 0.524. The number of unbranched alkanes of at least 4 members (excludes halogenated alkanes) is 4. The molecule has 1 aliphatic rings. The quantitative estimate of drug-likeness (QED) is 0.645. The molecule has 0 atom stereocenters. The third-order valence-corrected chi connectivity index (χ3v) is 3.88. The Hall–Kier alpha value is -0.0800. The molecule has 18 heavy (non-hydrogen) atoms. The molecule has 108 valence electrons. The van der Waals surface area contributed by atoms with Crippen molar-refractivity contribution in [3.05, 3.63) is 0 Å². The number of piperidine rings is 1. The Kier molecular flexibility index (Phi) is 7.92. The van der Waals surface area contributed by atoms with Gasteiger partial charge in [-0.15, -0.1) is 0 Å². The van der Waals surface area contributed by atoms with Crippen molar-refractivity contribution in [3.63, 3.8) is 0 Å². The highest BCUT2D eigenvalue weighted by Crippen LogP contribution is 2.22. The van der Waals surface area contributed by atoms with Crippen molar-refractivity contribution in [2.75, 3.05) is 19.6 Å². The summed E-state index contributed by atoms with van der Waals surface area (Å²) in [4.78, 5) is 0. The van der Waals surface area contributed by atoms with Gasteiger partial charge in [0.05, 0.1) is 0 Å². The second-order valence-electron chi connectivity index (χ2n) is 7.06. The van der Waals surface area contributed by atoms with Gasteiger partial charge in [-0.25, -0.2) is 0 Å². The van der Waals surface area contributed by atoms with Gasteiger partial charge < -0.3 is 10.6 Å². The van der Waals surface area contributed by atoms with Crippen molar-refractivity contribution in [1.82, 2.24) is 10.6 Å². The maximum atomic E-state index is 3.70. The lowest BCUT2D eigenvalue weighted by Gasteiger charge is -2.23. The maximum Gasteiger partial charge on any atom is 0.00912 e. The van der Waals surface area contributed by atoms with E-state index in [9.17, 15) is 0 Å². The van der Waals surface area contributed by atoms with Crippen LogP contribution in [0.3, 0.4) is 0 Å². The van der Waals surface area contributed by atoms with Crippen LogP contribution in [0.25, 0.3) is 0 Å². The molecule has 0 aromatic rings. The summed E-state index contributed by atoms with van der Waals surface area (Å²) in [5.41, 5.74) is 0.524. The first kappa shape index (κ1) is 16.0. The van der Waals surface area contributed by atoms with Gasteiger partial charge in [-0.05, 0) is 50.7 Å². The Balaban J connectivity index is 1.81. The van der Waals surface area contributed by atoms with E-state index in [4.69, 9.17) is 0 Å². The average molecular weight is 254 g/mol. The fraction of sp³-hybridized carbons (Fsp3) is 1.00. The predicted octanol–water partition coefficient (Wildman–Crippen LogP) is 3.71. The molecule has 0 saturated carbocycles. The van der Waals surface area contributed by atoms with Gasteiger partial charge in [-0.2, -0.15) is 0 Å². The Bertz CT molecular complexity index is 190. The summed E-state index contributed by atoms with van der Waals surface area (Å²) in [5.74, 6) is 0. The van der Waals surface area contributed by atoms with Crippen LogP contribution in [-0.4, -0.2) is 25.7 Å². The summed E-state index contributed by atoms with van der Waals surface area (Å²) >= 11 is 0. The normalized spacial score (nSPS) is 18.2. The molecule has 0 amide bonds. The second kappa shape index (κ2) is 8.92. The predicted molar refractivity (Wildman–Crippen MR) is 81.1 cm³/mol. The first-order valence-electron chi connectivity index (χ1n) is 8.02. The number of hydrogen-bond acceptors (Lipinski definition) is 2. The highest BCUT2D eigenvalue weighted by Gasteiger charge is 2.11. The summed E-state index contributed by atoms with van der Waals surface area (Å²) < 4.78 is 0. The highest BCUT2D eigenvalue weighted by atomic mass is 15.0. The zero-order chi connectivity index (χ0) is 13.3. The van der Waals surface area contributed by atoms with Crippen LogP contribution in [0.4, 0.5) is 0 Å². The Morgan fingerprint density at radius 2 is 1.56 bits per heavy atom. The van der Waals surface area contributed by atoms with E-state index in [1.807, 2.05) is 0 Å². The van der Waals surface area contributed by atoms with Gasteiger partial charge >= 0.3 is 0 Å². The molecule has 0 unspecified atom stereocenters. The van der Waals surface area contributed by atoms with Gasteiger partial charge in [0, 0.05) is 6.04 Å². The number of hydrogen-bond donors (Lipinski definition) is 2. The minimum atomic E-state index is 0.524. The summed E-state index contributed by atoms with van der Waals surface area (Å²) in [6.45, 7) is 10.7. The first-order valence-corrected chi connectivity index (χ1v) is 8.02. The van der Waals surface area contributed by atoms with Crippen LogP contribution in [-0.2, 0) is 0 Å². The molecular formula is C16H34N2. The standard InChI is InChI=1S/C16H34N2/c1-16(2,3)11-7-5-4-6-8-12-18-15-9-13-17-14-10-15/h15,17-18H,4-14H2,1-3H3. The molecule has 1 rings (SSSR count). The van der Waals surface area contributed by atoms with Gasteiger partial charge in [-0.3, -0.25) is 0 Å². The molecule has 0 aliphatic carbocycles. The first-order chi connectivity index (χ1) is 8.58. The molecule has 1 saturated heterocycles. The molecule has 1 heterocycles. The van der Waals surface area contributed by atoms with Gasteiger partial charge in [0.15, 0.2) is 0 Å². The van der Waals surface area contributed by atoms with Gasteiger partial charge in [0.25, 0.3) is 0 Å². The lowest BCUT2D eigenvalue weighted by Crippen LogP contribution is -2.40. The van der Waals surface area contributed by atoms with Crippen LogP contribution >= 0.6 is 0 Å². The molecule has 2 N–H and O–H groups in total. The molecule has 0 spiro atoms. The zero-order valence-electron chi connectivity index (χ0n) is 12.9. The maximum absolute atomic E-state index is 3.70. The van der Waals surface area contributed by atoms with Crippen molar-refractivity contribution in [3.8, 4) is 0 Å². The summed E-state index contributed by atoms with van der Waals surface area (Å²) in [7, 11) is 0. The van der Waals surface area contributed by atoms with E-state index in [0.717, 1.165) is 6.04 Å². The number of nitrogens with one attached hydrogen (secondary N) is 2. The van der Waals surface area contributed by atoms with Crippen molar-refractivity contribution >= 4 is 0 Å². The molecule has 2 nitrogen and oxygen atoms in total. The van der Waals surface area contributed by atoms with E-state index in [2.05, 4.69) is 31.4 Å². The molecule has 0 aromatic heterocycles. The van der Waals surface area contributed by atoms with E-state index >= 15 is 0 Å². The molecular weight excluding hydrogens is 220 g/mol. The monoisotopic (exact) mass is 254 g/mol. The fourth-order valence-electron chi connectivity index (χ4n) is 2.64. The molecule has 1 fully saturated rings. The van der Waals surface area contributed by atoms with Crippen LogP contribution in [0.1, 0.15) is 72.1 Å². The third kappa shape index (κ3) is 8.93. The van der Waals surface area contributed by atoms with Crippen LogP contribution in [0.2, 0.25) is 0 Å². The molecule has 2 heteroatoms. The van der Waals surface area contributed by atoms with Gasteiger partial charge in [0.1, 0.15) is 0 Å². The number of rotatable bonds is 8. The van der Waals surface area contributed by atoms with E-state index in [0.29, 0.717) is 5.41 Å². The van der Waals surface area contributed by atoms with E-state index in [-0.39, 0.29) is 0 Å². The summed E-state index contributed by atoms with van der Waals surface area (Å²) in [6, 6.07) is 0.784. The highest BCUT2D eigenvalue weighted by molar-refractivity contribution is 4.73. The SMILES string of the molecule is CC(C)(C)CCCCCCCNC1CCNCC1. The van der Waals surface area contributed by atoms with E-state index in [1.165, 1.54) is 71.0 Å². The molecule has 1 aliphatic heterocycles.